The lowest BCUT2D eigenvalue weighted by molar-refractivity contribution is 0.415. The highest BCUT2D eigenvalue weighted by molar-refractivity contribution is 9.10. The Morgan fingerprint density at radius 3 is 2.42 bits per heavy atom. The molecule has 0 amide bonds. The third-order valence-corrected chi connectivity index (χ3v) is 3.51. The maximum Gasteiger partial charge on any atom is 0.121 e. The molecule has 0 aliphatic heterocycles. The third kappa shape index (κ3) is 3.41. The van der Waals surface area contributed by atoms with Gasteiger partial charge >= 0.3 is 0 Å². The lowest BCUT2D eigenvalue weighted by Gasteiger charge is -2.21. The maximum atomic E-state index is 6.05. The zero-order chi connectivity index (χ0) is 13.8. The smallest absolute Gasteiger partial charge is 0.121 e. The van der Waals surface area contributed by atoms with Crippen molar-refractivity contribution in [3.05, 3.63) is 52.5 Å². The van der Waals surface area contributed by atoms with Crippen molar-refractivity contribution >= 4 is 27.3 Å². The largest absolute Gasteiger partial charge is 0.497 e. The van der Waals surface area contributed by atoms with E-state index in [0.717, 1.165) is 28.1 Å². The van der Waals surface area contributed by atoms with Gasteiger partial charge in [0.1, 0.15) is 5.75 Å². The van der Waals surface area contributed by atoms with Crippen LogP contribution in [0.1, 0.15) is 5.56 Å². The first-order valence-electron chi connectivity index (χ1n) is 5.99. The molecule has 0 aromatic heterocycles. The van der Waals surface area contributed by atoms with E-state index in [1.165, 1.54) is 5.56 Å². The SMILES string of the molecule is COc1ccc(N(C)Cc2ccc(Br)cc2)c(N)c1. The molecule has 0 aliphatic carbocycles. The van der Waals surface area contributed by atoms with Crippen LogP contribution in [-0.4, -0.2) is 14.2 Å². The zero-order valence-corrected chi connectivity index (χ0v) is 12.6. The van der Waals surface area contributed by atoms with Crippen molar-refractivity contribution in [2.45, 2.75) is 6.54 Å². The van der Waals surface area contributed by atoms with Gasteiger partial charge in [-0.1, -0.05) is 28.1 Å². The molecule has 0 saturated carbocycles. The molecule has 19 heavy (non-hydrogen) atoms. The summed E-state index contributed by atoms with van der Waals surface area (Å²) in [5.41, 5.74) is 9.01. The van der Waals surface area contributed by atoms with E-state index in [1.54, 1.807) is 7.11 Å². The Hall–Kier alpha value is -1.68. The van der Waals surface area contributed by atoms with Crippen LogP contribution < -0.4 is 15.4 Å². The second-order valence-corrected chi connectivity index (χ2v) is 5.32. The molecule has 0 fully saturated rings. The highest BCUT2D eigenvalue weighted by atomic mass is 79.9. The van der Waals surface area contributed by atoms with Gasteiger partial charge in [0.15, 0.2) is 0 Å². The summed E-state index contributed by atoms with van der Waals surface area (Å²) >= 11 is 3.44. The fourth-order valence-corrected chi connectivity index (χ4v) is 2.22. The molecule has 0 aliphatic rings. The van der Waals surface area contributed by atoms with Crippen LogP contribution in [0.4, 0.5) is 11.4 Å². The van der Waals surface area contributed by atoms with Crippen LogP contribution in [0.2, 0.25) is 0 Å². The summed E-state index contributed by atoms with van der Waals surface area (Å²) in [7, 11) is 3.67. The second-order valence-electron chi connectivity index (χ2n) is 4.41. The molecule has 4 heteroatoms. The molecule has 3 nitrogen and oxygen atoms in total. The van der Waals surface area contributed by atoms with E-state index in [-0.39, 0.29) is 0 Å². The summed E-state index contributed by atoms with van der Waals surface area (Å²) in [6, 6.07) is 14.0. The van der Waals surface area contributed by atoms with Gasteiger partial charge in [-0.3, -0.25) is 0 Å². The van der Waals surface area contributed by atoms with Crippen LogP contribution in [0.3, 0.4) is 0 Å². The van der Waals surface area contributed by atoms with E-state index >= 15 is 0 Å². The number of anilines is 2. The quantitative estimate of drug-likeness (QED) is 0.873. The van der Waals surface area contributed by atoms with E-state index in [1.807, 2.05) is 37.4 Å². The predicted molar refractivity (Wildman–Crippen MR) is 83.7 cm³/mol. The number of nitrogen functional groups attached to an aromatic ring is 1. The van der Waals surface area contributed by atoms with Crippen molar-refractivity contribution < 1.29 is 4.74 Å². The van der Waals surface area contributed by atoms with Gasteiger partial charge < -0.3 is 15.4 Å². The molecule has 2 rings (SSSR count). The molecule has 2 aromatic carbocycles. The summed E-state index contributed by atoms with van der Waals surface area (Å²) < 4.78 is 6.24. The van der Waals surface area contributed by atoms with Crippen LogP contribution >= 0.6 is 15.9 Å². The first-order valence-corrected chi connectivity index (χ1v) is 6.78. The molecular formula is C15H17BrN2O. The van der Waals surface area contributed by atoms with Crippen molar-refractivity contribution in [2.75, 3.05) is 24.8 Å². The van der Waals surface area contributed by atoms with Gasteiger partial charge in [-0.15, -0.1) is 0 Å². The van der Waals surface area contributed by atoms with Crippen LogP contribution in [0, 0.1) is 0 Å². The molecule has 0 atom stereocenters. The number of ether oxygens (including phenoxy) is 1. The van der Waals surface area contributed by atoms with E-state index in [9.17, 15) is 0 Å². The fourth-order valence-electron chi connectivity index (χ4n) is 1.96. The fraction of sp³-hybridized carbons (Fsp3) is 0.200. The topological polar surface area (TPSA) is 38.5 Å². The van der Waals surface area contributed by atoms with Crippen LogP contribution in [0.15, 0.2) is 46.9 Å². The number of methoxy groups -OCH3 is 1. The minimum Gasteiger partial charge on any atom is -0.497 e. The Morgan fingerprint density at radius 1 is 1.16 bits per heavy atom. The predicted octanol–water partition coefficient (Wildman–Crippen LogP) is 3.68. The van der Waals surface area contributed by atoms with Crippen molar-refractivity contribution in [1.29, 1.82) is 0 Å². The minimum atomic E-state index is 0.721. The second kappa shape index (κ2) is 5.97. The summed E-state index contributed by atoms with van der Waals surface area (Å²) in [6.07, 6.45) is 0. The Morgan fingerprint density at radius 2 is 1.84 bits per heavy atom. The average Bonchev–Trinajstić information content (AvgIpc) is 2.41. The lowest BCUT2D eigenvalue weighted by Crippen LogP contribution is -2.17. The van der Waals surface area contributed by atoms with Gasteiger partial charge in [0.25, 0.3) is 0 Å². The van der Waals surface area contributed by atoms with E-state index < -0.39 is 0 Å². The highest BCUT2D eigenvalue weighted by Crippen LogP contribution is 2.27. The first-order chi connectivity index (χ1) is 9.10. The van der Waals surface area contributed by atoms with Crippen molar-refractivity contribution in [3.63, 3.8) is 0 Å². The molecular weight excluding hydrogens is 304 g/mol. The van der Waals surface area contributed by atoms with Crippen LogP contribution in [0.5, 0.6) is 5.75 Å². The summed E-state index contributed by atoms with van der Waals surface area (Å²) in [5, 5.41) is 0. The van der Waals surface area contributed by atoms with E-state index in [2.05, 4.69) is 33.0 Å². The van der Waals surface area contributed by atoms with Gasteiger partial charge in [-0.2, -0.15) is 0 Å². The molecule has 0 spiro atoms. The molecule has 0 bridgehead atoms. The monoisotopic (exact) mass is 320 g/mol. The van der Waals surface area contributed by atoms with E-state index in [0.29, 0.717) is 0 Å². The Bertz CT molecular complexity index is 555. The summed E-state index contributed by atoms with van der Waals surface area (Å²) in [6.45, 7) is 0.809. The van der Waals surface area contributed by atoms with Gasteiger partial charge in [0.05, 0.1) is 18.5 Å². The molecule has 0 unspecified atom stereocenters. The number of hydrogen-bond acceptors (Lipinski definition) is 3. The summed E-state index contributed by atoms with van der Waals surface area (Å²) in [4.78, 5) is 2.12. The summed E-state index contributed by atoms with van der Waals surface area (Å²) in [5.74, 6) is 0.776. The van der Waals surface area contributed by atoms with Crippen molar-refractivity contribution in [1.82, 2.24) is 0 Å². The first kappa shape index (κ1) is 13.7. The Balaban J connectivity index is 2.15. The van der Waals surface area contributed by atoms with Gasteiger partial charge in [0.2, 0.25) is 0 Å². The van der Waals surface area contributed by atoms with Crippen LogP contribution in [-0.2, 0) is 6.54 Å². The van der Waals surface area contributed by atoms with E-state index in [4.69, 9.17) is 10.5 Å². The minimum absolute atomic E-state index is 0.721. The van der Waals surface area contributed by atoms with Gasteiger partial charge in [0, 0.05) is 24.1 Å². The molecule has 0 heterocycles. The molecule has 100 valence electrons. The molecule has 0 radical (unpaired) electrons. The normalized spacial score (nSPS) is 10.3. The number of benzene rings is 2. The Labute approximate surface area is 122 Å². The number of rotatable bonds is 4. The number of nitrogens with zero attached hydrogens (tertiary/aromatic N) is 1. The maximum absolute atomic E-state index is 6.05. The number of hydrogen-bond donors (Lipinski definition) is 1. The third-order valence-electron chi connectivity index (χ3n) is 2.98. The Kier molecular flexibility index (Phi) is 4.32. The van der Waals surface area contributed by atoms with Crippen LogP contribution in [0.25, 0.3) is 0 Å². The number of halogens is 1. The average molecular weight is 321 g/mol. The zero-order valence-electron chi connectivity index (χ0n) is 11.1. The number of nitrogens with two attached hydrogens (primary N) is 1. The van der Waals surface area contributed by atoms with Gasteiger partial charge in [-0.05, 0) is 29.8 Å². The highest BCUT2D eigenvalue weighted by Gasteiger charge is 2.07. The van der Waals surface area contributed by atoms with Gasteiger partial charge in [-0.25, -0.2) is 0 Å². The van der Waals surface area contributed by atoms with Crippen molar-refractivity contribution in [3.8, 4) is 5.75 Å². The standard InChI is InChI=1S/C15H17BrN2O/c1-18(10-11-3-5-12(16)6-4-11)15-8-7-13(19-2)9-14(15)17/h3-9H,10,17H2,1-2H3. The molecule has 0 saturated heterocycles. The molecule has 2 N–H and O–H groups in total. The lowest BCUT2D eigenvalue weighted by atomic mass is 10.2. The molecule has 2 aromatic rings. The van der Waals surface area contributed by atoms with Crippen molar-refractivity contribution in [2.24, 2.45) is 0 Å².